The molecule has 0 amide bonds. The topological polar surface area (TPSA) is 12.0 Å². The van der Waals surface area contributed by atoms with E-state index < -0.39 is 0 Å². The summed E-state index contributed by atoms with van der Waals surface area (Å²) in [4.78, 5) is 0. The van der Waals surface area contributed by atoms with Gasteiger partial charge in [-0.1, -0.05) is 78.1 Å². The molecule has 0 spiro atoms. The first kappa shape index (κ1) is 18.0. The first-order valence-electron chi connectivity index (χ1n) is 9.61. The van der Waals surface area contributed by atoms with E-state index in [-0.39, 0.29) is 0 Å². The zero-order valence-electron chi connectivity index (χ0n) is 14.3. The molecule has 0 saturated heterocycles. The van der Waals surface area contributed by atoms with Crippen molar-refractivity contribution in [1.29, 1.82) is 0 Å². The summed E-state index contributed by atoms with van der Waals surface area (Å²) in [5.41, 5.74) is 0. The number of unbranched alkanes of at least 4 members (excludes halogenated alkanes) is 6. The monoisotopic (exact) mass is 281 g/mol. The first-order valence-corrected chi connectivity index (χ1v) is 9.61. The summed E-state index contributed by atoms with van der Waals surface area (Å²) in [6.45, 7) is 5.81. The minimum atomic E-state index is 0.825. The summed E-state index contributed by atoms with van der Waals surface area (Å²) in [6.07, 6.45) is 20.2. The third-order valence-electron chi connectivity index (χ3n) is 4.99. The molecule has 0 heterocycles. The van der Waals surface area contributed by atoms with Gasteiger partial charge in [0.15, 0.2) is 0 Å². The Morgan fingerprint density at radius 1 is 0.800 bits per heavy atom. The fourth-order valence-corrected chi connectivity index (χ4v) is 3.69. The Morgan fingerprint density at radius 2 is 1.45 bits per heavy atom. The van der Waals surface area contributed by atoms with Crippen LogP contribution in [0.2, 0.25) is 0 Å². The highest BCUT2D eigenvalue weighted by molar-refractivity contribution is 4.79. The molecule has 1 nitrogen and oxygen atoms in total. The summed E-state index contributed by atoms with van der Waals surface area (Å²) in [5, 5.41) is 3.85. The molecule has 0 aromatic heterocycles. The largest absolute Gasteiger partial charge is 0.314 e. The van der Waals surface area contributed by atoms with Crippen molar-refractivity contribution in [1.82, 2.24) is 5.32 Å². The highest BCUT2D eigenvalue weighted by Crippen LogP contribution is 2.28. The van der Waals surface area contributed by atoms with Crippen LogP contribution in [0.4, 0.5) is 0 Å². The predicted octanol–water partition coefficient (Wildman–Crippen LogP) is 6.08. The highest BCUT2D eigenvalue weighted by Gasteiger charge is 2.22. The second-order valence-electron chi connectivity index (χ2n) is 6.87. The summed E-state index contributed by atoms with van der Waals surface area (Å²) in [5.74, 6) is 0.982. The van der Waals surface area contributed by atoms with Gasteiger partial charge in [-0.05, 0) is 38.1 Å². The van der Waals surface area contributed by atoms with Crippen molar-refractivity contribution >= 4 is 0 Å². The molecule has 1 N–H and O–H groups in total. The van der Waals surface area contributed by atoms with Crippen LogP contribution in [0, 0.1) is 5.92 Å². The Kier molecular flexibility index (Phi) is 11.4. The second kappa shape index (κ2) is 12.7. The van der Waals surface area contributed by atoms with Crippen molar-refractivity contribution in [3.63, 3.8) is 0 Å². The third-order valence-corrected chi connectivity index (χ3v) is 4.99. The van der Waals surface area contributed by atoms with Gasteiger partial charge in [-0.3, -0.25) is 0 Å². The van der Waals surface area contributed by atoms with Gasteiger partial charge in [0.05, 0.1) is 0 Å². The van der Waals surface area contributed by atoms with Gasteiger partial charge in [0.25, 0.3) is 0 Å². The van der Waals surface area contributed by atoms with Gasteiger partial charge in [0, 0.05) is 6.04 Å². The van der Waals surface area contributed by atoms with Gasteiger partial charge >= 0.3 is 0 Å². The lowest BCUT2D eigenvalue weighted by Gasteiger charge is -2.31. The van der Waals surface area contributed by atoms with Crippen molar-refractivity contribution in [2.45, 2.75) is 110 Å². The van der Waals surface area contributed by atoms with E-state index in [4.69, 9.17) is 0 Å². The van der Waals surface area contributed by atoms with Crippen LogP contribution in [-0.2, 0) is 0 Å². The average molecular weight is 282 g/mol. The van der Waals surface area contributed by atoms with Gasteiger partial charge < -0.3 is 5.32 Å². The maximum Gasteiger partial charge on any atom is 0.00953 e. The molecule has 1 aliphatic rings. The molecule has 0 aromatic carbocycles. The Bertz CT molecular complexity index is 196. The smallest absolute Gasteiger partial charge is 0.00953 e. The molecule has 1 fully saturated rings. The minimum absolute atomic E-state index is 0.825. The van der Waals surface area contributed by atoms with E-state index in [1.165, 1.54) is 96.4 Å². The molecule has 120 valence electrons. The van der Waals surface area contributed by atoms with Crippen LogP contribution in [0.15, 0.2) is 0 Å². The molecule has 1 saturated carbocycles. The van der Waals surface area contributed by atoms with E-state index in [1.807, 2.05) is 0 Å². The predicted molar refractivity (Wildman–Crippen MR) is 91.3 cm³/mol. The third kappa shape index (κ3) is 8.29. The quantitative estimate of drug-likeness (QED) is 0.428. The summed E-state index contributed by atoms with van der Waals surface area (Å²) >= 11 is 0. The van der Waals surface area contributed by atoms with Crippen LogP contribution in [0.3, 0.4) is 0 Å². The number of hydrogen-bond donors (Lipinski definition) is 1. The van der Waals surface area contributed by atoms with Crippen LogP contribution in [0.1, 0.15) is 104 Å². The van der Waals surface area contributed by atoms with Crippen LogP contribution in [0.25, 0.3) is 0 Å². The van der Waals surface area contributed by atoms with Crippen molar-refractivity contribution in [3.05, 3.63) is 0 Å². The van der Waals surface area contributed by atoms with Gasteiger partial charge in [-0.15, -0.1) is 0 Å². The molecule has 1 rings (SSSR count). The maximum absolute atomic E-state index is 3.85. The number of hydrogen-bond acceptors (Lipinski definition) is 1. The zero-order valence-corrected chi connectivity index (χ0v) is 14.3. The molecule has 0 radical (unpaired) electrons. The van der Waals surface area contributed by atoms with E-state index in [2.05, 4.69) is 19.2 Å². The normalized spacial score (nSPS) is 18.3. The number of rotatable bonds is 12. The fourth-order valence-electron chi connectivity index (χ4n) is 3.69. The first-order chi connectivity index (χ1) is 9.88. The van der Waals surface area contributed by atoms with Crippen molar-refractivity contribution in [2.24, 2.45) is 5.92 Å². The fraction of sp³-hybridized carbons (Fsp3) is 1.00. The lowest BCUT2D eigenvalue weighted by atomic mass is 9.82. The zero-order chi connectivity index (χ0) is 14.5. The Hall–Kier alpha value is -0.0400. The standard InChI is InChI=1S/C19H39N/c1-3-5-6-7-8-9-13-16-19(20-17-4-2)18-14-11-10-12-15-18/h18-20H,3-17H2,1-2H3. The maximum atomic E-state index is 3.85. The summed E-state index contributed by atoms with van der Waals surface area (Å²) in [6, 6.07) is 0.825. The van der Waals surface area contributed by atoms with Crippen molar-refractivity contribution < 1.29 is 0 Å². The van der Waals surface area contributed by atoms with Gasteiger partial charge in [0.2, 0.25) is 0 Å². The van der Waals surface area contributed by atoms with Crippen LogP contribution in [-0.4, -0.2) is 12.6 Å². The molecule has 1 heteroatoms. The van der Waals surface area contributed by atoms with E-state index in [0.717, 1.165) is 12.0 Å². The molecule has 0 aliphatic heterocycles. The molecule has 1 unspecified atom stereocenters. The molecular formula is C19H39N. The summed E-state index contributed by atoms with van der Waals surface area (Å²) in [7, 11) is 0. The van der Waals surface area contributed by atoms with Gasteiger partial charge in [0.1, 0.15) is 0 Å². The minimum Gasteiger partial charge on any atom is -0.314 e. The van der Waals surface area contributed by atoms with Crippen LogP contribution < -0.4 is 5.32 Å². The molecule has 0 aromatic rings. The van der Waals surface area contributed by atoms with E-state index in [9.17, 15) is 0 Å². The Morgan fingerprint density at radius 3 is 2.10 bits per heavy atom. The van der Waals surface area contributed by atoms with E-state index in [0.29, 0.717) is 0 Å². The Balaban J connectivity index is 2.12. The molecular weight excluding hydrogens is 242 g/mol. The van der Waals surface area contributed by atoms with E-state index in [1.54, 1.807) is 0 Å². The van der Waals surface area contributed by atoms with E-state index >= 15 is 0 Å². The number of nitrogens with one attached hydrogen (secondary N) is 1. The molecule has 1 aliphatic carbocycles. The molecule has 0 bridgehead atoms. The highest BCUT2D eigenvalue weighted by atomic mass is 14.9. The second-order valence-corrected chi connectivity index (χ2v) is 6.87. The average Bonchev–Trinajstić information content (AvgIpc) is 2.50. The van der Waals surface area contributed by atoms with Crippen molar-refractivity contribution in [3.8, 4) is 0 Å². The lowest BCUT2D eigenvalue weighted by molar-refractivity contribution is 0.253. The van der Waals surface area contributed by atoms with Crippen molar-refractivity contribution in [2.75, 3.05) is 6.54 Å². The van der Waals surface area contributed by atoms with Crippen LogP contribution in [0.5, 0.6) is 0 Å². The Labute approximate surface area is 128 Å². The lowest BCUT2D eigenvalue weighted by Crippen LogP contribution is -2.37. The molecule has 1 atom stereocenters. The van der Waals surface area contributed by atoms with Gasteiger partial charge in [-0.2, -0.15) is 0 Å². The summed E-state index contributed by atoms with van der Waals surface area (Å²) < 4.78 is 0. The SMILES string of the molecule is CCCCCCCCCC(NCCC)C1CCCCC1. The van der Waals surface area contributed by atoms with Crippen LogP contribution >= 0.6 is 0 Å². The molecule has 20 heavy (non-hydrogen) atoms. The van der Waals surface area contributed by atoms with Gasteiger partial charge in [-0.25, -0.2) is 0 Å².